The highest BCUT2D eigenvalue weighted by Crippen LogP contribution is 2.33. The van der Waals surface area contributed by atoms with Crippen LogP contribution in [0, 0.1) is 5.92 Å². The van der Waals surface area contributed by atoms with Gasteiger partial charge in [0, 0.05) is 39.3 Å². The number of fused-ring (bicyclic) bond motifs is 1. The van der Waals surface area contributed by atoms with Gasteiger partial charge in [0.05, 0.1) is 27.6 Å². The number of halogens is 1. The van der Waals surface area contributed by atoms with Crippen LogP contribution in [0.4, 0.5) is 5.13 Å². The summed E-state index contributed by atoms with van der Waals surface area (Å²) in [5.41, 5.74) is 0.940. The minimum absolute atomic E-state index is 0.0396. The number of hydrogen-bond acceptors (Lipinski definition) is 8. The largest absolute Gasteiger partial charge is 0.497 e. The van der Waals surface area contributed by atoms with E-state index in [-0.39, 0.29) is 22.6 Å². The predicted octanol–water partition coefficient (Wildman–Crippen LogP) is 3.77. The first-order chi connectivity index (χ1) is 16.3. The maximum Gasteiger partial charge on any atom is 0.252 e. The molecular weight excluding hydrogens is 516 g/mol. The molecule has 0 radical (unpaired) electrons. The van der Waals surface area contributed by atoms with Crippen LogP contribution in [0.25, 0.3) is 10.2 Å². The summed E-state index contributed by atoms with van der Waals surface area (Å²) in [5, 5.41) is 0.944. The van der Waals surface area contributed by atoms with Gasteiger partial charge in [-0.15, -0.1) is 11.3 Å². The van der Waals surface area contributed by atoms with E-state index >= 15 is 0 Å². The molecule has 4 heterocycles. The van der Waals surface area contributed by atoms with Crippen LogP contribution in [0.3, 0.4) is 0 Å². The van der Waals surface area contributed by atoms with Crippen LogP contribution >= 0.6 is 34.3 Å². The van der Waals surface area contributed by atoms with Gasteiger partial charge in [0.1, 0.15) is 9.96 Å². The number of hydrogen-bond donors (Lipinski definition) is 0. The molecule has 0 saturated carbocycles. The third kappa shape index (κ3) is 4.64. The van der Waals surface area contributed by atoms with Gasteiger partial charge in [-0.25, -0.2) is 13.4 Å². The second-order valence-electron chi connectivity index (χ2n) is 8.40. The first kappa shape index (κ1) is 23.8. The average molecular weight is 541 g/mol. The summed E-state index contributed by atoms with van der Waals surface area (Å²) in [7, 11) is -1.98. The van der Waals surface area contributed by atoms with E-state index in [9.17, 15) is 13.2 Å². The van der Waals surface area contributed by atoms with Gasteiger partial charge in [0.25, 0.3) is 10.0 Å². The molecule has 2 aromatic heterocycles. The molecule has 2 aliphatic rings. The van der Waals surface area contributed by atoms with E-state index in [0.717, 1.165) is 32.4 Å². The van der Waals surface area contributed by atoms with Crippen molar-refractivity contribution >= 4 is 65.6 Å². The Morgan fingerprint density at radius 3 is 2.62 bits per heavy atom. The van der Waals surface area contributed by atoms with Crippen molar-refractivity contribution in [2.24, 2.45) is 5.92 Å². The van der Waals surface area contributed by atoms with Crippen molar-refractivity contribution in [3.8, 4) is 5.75 Å². The van der Waals surface area contributed by atoms with Crippen LogP contribution in [-0.2, 0) is 14.8 Å². The molecule has 0 spiro atoms. The SMILES string of the molecule is COc1ccc2nc(N3CCN(C(=O)C4CCCN(S(=O)(=O)c5ccc(Cl)s5)C4)CC3)sc2c1. The average Bonchev–Trinajstić information content (AvgIpc) is 3.50. The lowest BCUT2D eigenvalue weighted by Crippen LogP contribution is -2.53. The first-order valence-corrected chi connectivity index (χ1v) is 14.5. The molecule has 3 aromatic rings. The Bertz CT molecular complexity index is 1300. The molecule has 2 aliphatic heterocycles. The first-order valence-electron chi connectivity index (χ1n) is 11.1. The van der Waals surface area contributed by atoms with Crippen molar-refractivity contribution in [1.82, 2.24) is 14.2 Å². The van der Waals surface area contributed by atoms with Gasteiger partial charge in [-0.05, 0) is 43.2 Å². The number of benzene rings is 1. The zero-order chi connectivity index (χ0) is 23.9. The molecule has 1 amide bonds. The Morgan fingerprint density at radius 1 is 1.12 bits per heavy atom. The van der Waals surface area contributed by atoms with Crippen LogP contribution in [0.1, 0.15) is 12.8 Å². The van der Waals surface area contributed by atoms with E-state index in [1.807, 2.05) is 23.1 Å². The van der Waals surface area contributed by atoms with E-state index in [2.05, 4.69) is 4.90 Å². The molecule has 1 atom stereocenters. The lowest BCUT2D eigenvalue weighted by Gasteiger charge is -2.38. The number of ether oxygens (including phenoxy) is 1. The number of thiophene rings is 1. The van der Waals surface area contributed by atoms with Crippen molar-refractivity contribution in [3.05, 3.63) is 34.7 Å². The molecule has 34 heavy (non-hydrogen) atoms. The Labute approximate surface area is 211 Å². The van der Waals surface area contributed by atoms with Crippen molar-refractivity contribution in [2.75, 3.05) is 51.3 Å². The van der Waals surface area contributed by atoms with Gasteiger partial charge < -0.3 is 14.5 Å². The second kappa shape index (κ2) is 9.62. The van der Waals surface area contributed by atoms with E-state index in [0.29, 0.717) is 49.9 Å². The second-order valence-corrected chi connectivity index (χ2v) is 13.3. The van der Waals surface area contributed by atoms with Gasteiger partial charge in [-0.3, -0.25) is 4.79 Å². The number of rotatable bonds is 5. The van der Waals surface area contributed by atoms with E-state index in [1.165, 1.54) is 10.4 Å². The highest BCUT2D eigenvalue weighted by atomic mass is 35.5. The fourth-order valence-electron chi connectivity index (χ4n) is 4.46. The molecule has 1 unspecified atom stereocenters. The number of sulfonamides is 1. The number of carbonyl (C=O) groups excluding carboxylic acids is 1. The molecular formula is C22H25ClN4O4S3. The van der Waals surface area contributed by atoms with Gasteiger partial charge >= 0.3 is 0 Å². The van der Waals surface area contributed by atoms with Gasteiger partial charge in [0.2, 0.25) is 5.91 Å². The Morgan fingerprint density at radius 2 is 1.91 bits per heavy atom. The van der Waals surface area contributed by atoms with Gasteiger partial charge in [0.15, 0.2) is 5.13 Å². The number of methoxy groups -OCH3 is 1. The smallest absolute Gasteiger partial charge is 0.252 e. The number of amides is 1. The molecule has 0 bridgehead atoms. The van der Waals surface area contributed by atoms with Crippen LogP contribution < -0.4 is 9.64 Å². The molecule has 0 N–H and O–H groups in total. The summed E-state index contributed by atoms with van der Waals surface area (Å²) in [5.74, 6) is 0.530. The van der Waals surface area contributed by atoms with Crippen LogP contribution in [-0.4, -0.2) is 74.9 Å². The molecule has 2 saturated heterocycles. The summed E-state index contributed by atoms with van der Waals surface area (Å²) < 4.78 is 34.5. The van der Waals surface area contributed by atoms with E-state index < -0.39 is 10.0 Å². The zero-order valence-corrected chi connectivity index (χ0v) is 21.9. The Balaban J connectivity index is 1.21. The molecule has 0 aliphatic carbocycles. The standard InChI is InChI=1S/C22H25ClN4O4S3/c1-31-16-4-5-17-18(13-16)32-22(24-17)26-11-9-25(10-12-26)21(28)15-3-2-8-27(14-15)34(29,30)20-7-6-19(23)33-20/h4-7,13,15H,2-3,8-12,14H2,1H3. The van der Waals surface area contributed by atoms with Crippen molar-refractivity contribution in [1.29, 1.82) is 0 Å². The fraction of sp³-hybridized carbons (Fsp3) is 0.455. The Kier molecular flexibility index (Phi) is 6.73. The third-order valence-electron chi connectivity index (χ3n) is 6.32. The quantitative estimate of drug-likeness (QED) is 0.490. The summed E-state index contributed by atoms with van der Waals surface area (Å²) in [4.78, 5) is 22.1. The van der Waals surface area contributed by atoms with Crippen molar-refractivity contribution in [3.63, 3.8) is 0 Å². The highest BCUT2D eigenvalue weighted by molar-refractivity contribution is 7.91. The molecule has 5 rings (SSSR count). The molecule has 182 valence electrons. The number of piperidine rings is 1. The summed E-state index contributed by atoms with van der Waals surface area (Å²) in [6.07, 6.45) is 1.37. The number of piperazine rings is 1. The van der Waals surface area contributed by atoms with Crippen molar-refractivity contribution < 1.29 is 17.9 Å². The maximum atomic E-state index is 13.3. The molecule has 12 heteroatoms. The van der Waals surface area contributed by atoms with Gasteiger partial charge in [-0.2, -0.15) is 4.31 Å². The zero-order valence-electron chi connectivity index (χ0n) is 18.6. The van der Waals surface area contributed by atoms with Gasteiger partial charge in [-0.1, -0.05) is 22.9 Å². The number of carbonyl (C=O) groups is 1. The normalized spacial score (nSPS) is 20.1. The fourth-order valence-corrected chi connectivity index (χ4v) is 8.66. The topological polar surface area (TPSA) is 83.1 Å². The lowest BCUT2D eigenvalue weighted by molar-refractivity contribution is -0.137. The summed E-state index contributed by atoms with van der Waals surface area (Å²) in [6.45, 7) is 3.24. The maximum absolute atomic E-state index is 13.3. The van der Waals surface area contributed by atoms with Crippen molar-refractivity contribution in [2.45, 2.75) is 17.1 Å². The monoisotopic (exact) mass is 540 g/mol. The Hall–Kier alpha value is -1.92. The van der Waals surface area contributed by atoms with Crippen LogP contribution in [0.5, 0.6) is 5.75 Å². The third-order valence-corrected chi connectivity index (χ3v) is 11.0. The van der Waals surface area contributed by atoms with E-state index in [4.69, 9.17) is 21.3 Å². The van der Waals surface area contributed by atoms with E-state index in [1.54, 1.807) is 24.5 Å². The molecule has 8 nitrogen and oxygen atoms in total. The van der Waals surface area contributed by atoms with Crippen LogP contribution in [0.15, 0.2) is 34.5 Å². The lowest BCUT2D eigenvalue weighted by atomic mass is 9.98. The highest BCUT2D eigenvalue weighted by Gasteiger charge is 2.36. The summed E-state index contributed by atoms with van der Waals surface area (Å²) >= 11 is 8.61. The number of aromatic nitrogens is 1. The predicted molar refractivity (Wildman–Crippen MR) is 136 cm³/mol. The molecule has 1 aromatic carbocycles. The number of thiazole rings is 1. The minimum atomic E-state index is -3.63. The van der Waals surface area contributed by atoms with Crippen LogP contribution in [0.2, 0.25) is 4.34 Å². The minimum Gasteiger partial charge on any atom is -0.497 e. The number of anilines is 1. The number of nitrogens with zero attached hydrogens (tertiary/aromatic N) is 4. The summed E-state index contributed by atoms with van der Waals surface area (Å²) in [6, 6.07) is 8.98. The molecule has 2 fully saturated rings.